The van der Waals surface area contributed by atoms with Crippen molar-refractivity contribution < 1.29 is 17.2 Å². The lowest BCUT2D eigenvalue weighted by Crippen LogP contribution is -3.00. The molecule has 0 aromatic heterocycles. The lowest BCUT2D eigenvalue weighted by Gasteiger charge is -2.22. The minimum atomic E-state index is -0.309. The summed E-state index contributed by atoms with van der Waals surface area (Å²) >= 11 is 6.04. The lowest BCUT2D eigenvalue weighted by molar-refractivity contribution is -0.00000760. The molecule has 0 saturated heterocycles. The van der Waals surface area contributed by atoms with E-state index >= 15 is 0 Å². The molecule has 4 nitrogen and oxygen atoms in total. The van der Waals surface area contributed by atoms with Gasteiger partial charge in [-0.25, -0.2) is 4.79 Å². The number of aryl methyl sites for hydroxylation is 1. The number of benzene rings is 2. The van der Waals surface area contributed by atoms with Crippen LogP contribution in [0.1, 0.15) is 19.4 Å². The molecule has 2 aromatic rings. The molecule has 0 unspecified atom stereocenters. The van der Waals surface area contributed by atoms with E-state index in [9.17, 15) is 4.79 Å². The maximum Gasteiger partial charge on any atom is 0.323 e. The minimum absolute atomic E-state index is 0. The number of carbonyl (C=O) groups is 1. The molecule has 0 atom stereocenters. The summed E-state index contributed by atoms with van der Waals surface area (Å²) in [6, 6.07) is 12.9. The third-order valence-corrected chi connectivity index (χ3v) is 4.04. The molecule has 0 heterocycles. The number of nitrogens with one attached hydrogen (secondary N) is 2. The molecule has 0 spiro atoms. The molecular weight excluding hydrogens is 345 g/mol. The Labute approximate surface area is 154 Å². The second kappa shape index (κ2) is 9.40. The van der Waals surface area contributed by atoms with Crippen LogP contribution in [0.15, 0.2) is 42.5 Å². The van der Waals surface area contributed by atoms with E-state index in [-0.39, 0.29) is 18.4 Å². The monoisotopic (exact) mass is 366 g/mol. The predicted octanol–water partition coefficient (Wildman–Crippen LogP) is 2.14. The normalized spacial score (nSPS) is 9.83. The molecule has 6 heteroatoms. The Kier molecular flexibility index (Phi) is 7.89. The van der Waals surface area contributed by atoms with E-state index in [0.717, 1.165) is 30.0 Å². The van der Waals surface area contributed by atoms with E-state index in [1.54, 1.807) is 12.1 Å². The van der Waals surface area contributed by atoms with E-state index in [4.69, 9.17) is 11.6 Å². The van der Waals surface area contributed by atoms with Crippen LogP contribution in [0.2, 0.25) is 5.02 Å². The van der Waals surface area contributed by atoms with Gasteiger partial charge in [0.1, 0.15) is 0 Å². The average Bonchev–Trinajstić information content (AvgIpc) is 2.53. The van der Waals surface area contributed by atoms with Gasteiger partial charge in [0.15, 0.2) is 0 Å². The van der Waals surface area contributed by atoms with Crippen molar-refractivity contribution >= 4 is 34.7 Å². The van der Waals surface area contributed by atoms with Gasteiger partial charge in [0.2, 0.25) is 0 Å². The van der Waals surface area contributed by atoms with Crippen molar-refractivity contribution in [2.24, 2.45) is 0 Å². The van der Waals surface area contributed by atoms with E-state index in [1.807, 2.05) is 31.2 Å². The van der Waals surface area contributed by atoms with Crippen LogP contribution in [0, 0.1) is 6.92 Å². The largest absolute Gasteiger partial charge is 1.00 e. The summed E-state index contributed by atoms with van der Waals surface area (Å²) in [5, 5.41) is 6.12. The van der Waals surface area contributed by atoms with Gasteiger partial charge in [-0.05, 0) is 56.7 Å². The Morgan fingerprint density at radius 3 is 2.25 bits per heavy atom. The second-order valence-corrected chi connectivity index (χ2v) is 5.64. The van der Waals surface area contributed by atoms with Crippen LogP contribution >= 0.6 is 11.6 Å². The zero-order chi connectivity index (χ0) is 16.8. The molecule has 2 N–H and O–H groups in total. The number of nitrogens with zero attached hydrogens (tertiary/aromatic N) is 1. The maximum absolute atomic E-state index is 12.1. The van der Waals surface area contributed by atoms with E-state index in [2.05, 4.69) is 35.4 Å². The number of hydrogen-bond donors (Lipinski definition) is 2. The molecule has 0 bridgehead atoms. The second-order valence-electron chi connectivity index (χ2n) is 5.23. The van der Waals surface area contributed by atoms with Crippen LogP contribution in [0.4, 0.5) is 21.9 Å². The van der Waals surface area contributed by atoms with E-state index in [0.29, 0.717) is 10.7 Å². The van der Waals surface area contributed by atoms with Crippen molar-refractivity contribution in [2.75, 3.05) is 28.6 Å². The van der Waals surface area contributed by atoms with Gasteiger partial charge in [0.05, 0.1) is 10.7 Å². The summed E-state index contributed by atoms with van der Waals surface area (Å²) in [4.78, 5) is 14.4. The molecule has 130 valence electrons. The first-order chi connectivity index (χ1) is 11.0. The van der Waals surface area contributed by atoms with Crippen molar-refractivity contribution in [1.29, 1.82) is 0 Å². The topological polar surface area (TPSA) is 44.4 Å². The van der Waals surface area contributed by atoms with Crippen molar-refractivity contribution in [3.63, 3.8) is 0 Å². The molecule has 2 rings (SSSR count). The van der Waals surface area contributed by atoms with E-state index in [1.165, 1.54) is 0 Å². The van der Waals surface area contributed by atoms with Gasteiger partial charge in [-0.3, -0.25) is 0 Å². The molecule has 0 aliphatic heterocycles. The highest BCUT2D eigenvalue weighted by molar-refractivity contribution is 6.33. The number of amides is 2. The third-order valence-electron chi connectivity index (χ3n) is 3.71. The Balaban J connectivity index is 0.00000288. The van der Waals surface area contributed by atoms with Crippen LogP contribution in [-0.4, -0.2) is 19.1 Å². The quantitative estimate of drug-likeness (QED) is 0.851. The number of anilines is 3. The zero-order valence-electron chi connectivity index (χ0n) is 14.1. The van der Waals surface area contributed by atoms with Crippen molar-refractivity contribution in [3.8, 4) is 0 Å². The fraction of sp³-hybridized carbons (Fsp3) is 0.278. The predicted molar refractivity (Wildman–Crippen MR) is 98.8 cm³/mol. The average molecular weight is 367 g/mol. The third kappa shape index (κ3) is 5.05. The maximum atomic E-state index is 12.1. The Hall–Kier alpha value is -1.91. The lowest BCUT2D eigenvalue weighted by atomic mass is 10.1. The SMILES string of the molecule is CCN(CC)c1ccc(NC(=O)Nc2ccccc2Cl)c(C)c1.[Cl-]. The smallest absolute Gasteiger partial charge is 0.323 e. The van der Waals surface area contributed by atoms with Crippen molar-refractivity contribution in [2.45, 2.75) is 20.8 Å². The molecule has 0 radical (unpaired) electrons. The summed E-state index contributed by atoms with van der Waals surface area (Å²) in [5.74, 6) is 0. The van der Waals surface area contributed by atoms with Gasteiger partial charge in [-0.15, -0.1) is 0 Å². The summed E-state index contributed by atoms with van der Waals surface area (Å²) in [6.07, 6.45) is 0. The highest BCUT2D eigenvalue weighted by Gasteiger charge is 2.09. The van der Waals surface area contributed by atoms with E-state index < -0.39 is 0 Å². The number of rotatable bonds is 5. The fourth-order valence-electron chi connectivity index (χ4n) is 2.41. The summed E-state index contributed by atoms with van der Waals surface area (Å²) in [6.45, 7) is 8.15. The van der Waals surface area contributed by atoms with Crippen LogP contribution < -0.4 is 27.9 Å². The summed E-state index contributed by atoms with van der Waals surface area (Å²) < 4.78 is 0. The summed E-state index contributed by atoms with van der Waals surface area (Å²) in [7, 11) is 0. The Bertz CT molecular complexity index is 688. The Morgan fingerprint density at radius 2 is 1.67 bits per heavy atom. The van der Waals surface area contributed by atoms with Crippen LogP contribution in [0.5, 0.6) is 0 Å². The number of halogens is 2. The highest BCUT2D eigenvalue weighted by atomic mass is 35.5. The minimum Gasteiger partial charge on any atom is -1.00 e. The number of carbonyl (C=O) groups excluding carboxylic acids is 1. The van der Waals surface area contributed by atoms with Gasteiger partial charge in [-0.1, -0.05) is 23.7 Å². The molecule has 0 fully saturated rings. The number of urea groups is 1. The highest BCUT2D eigenvalue weighted by Crippen LogP contribution is 2.24. The number of para-hydroxylation sites is 1. The number of hydrogen-bond acceptors (Lipinski definition) is 2. The first-order valence-corrected chi connectivity index (χ1v) is 8.11. The Morgan fingerprint density at radius 1 is 1.04 bits per heavy atom. The summed E-state index contributed by atoms with van der Waals surface area (Å²) in [5.41, 5.74) is 3.54. The van der Waals surface area contributed by atoms with Gasteiger partial charge in [0, 0.05) is 24.5 Å². The molecular formula is C18H22Cl2N3O-. The zero-order valence-corrected chi connectivity index (χ0v) is 15.6. The standard InChI is InChI=1S/C18H22ClN3O.ClH/c1-4-22(5-2)14-10-11-16(13(3)12-14)20-18(23)21-17-9-7-6-8-15(17)19;/h6-12H,4-5H2,1-3H3,(H2,20,21,23);1H/p-1. The van der Waals surface area contributed by atoms with Crippen molar-refractivity contribution in [1.82, 2.24) is 0 Å². The molecule has 0 saturated carbocycles. The fourth-order valence-corrected chi connectivity index (χ4v) is 2.59. The van der Waals surface area contributed by atoms with Gasteiger partial charge < -0.3 is 27.9 Å². The van der Waals surface area contributed by atoms with Gasteiger partial charge in [0.25, 0.3) is 0 Å². The van der Waals surface area contributed by atoms with Crippen LogP contribution in [-0.2, 0) is 0 Å². The molecule has 0 aliphatic carbocycles. The molecule has 0 aliphatic rings. The van der Waals surface area contributed by atoms with Crippen LogP contribution in [0.3, 0.4) is 0 Å². The molecule has 2 aromatic carbocycles. The first kappa shape index (κ1) is 20.1. The molecule has 24 heavy (non-hydrogen) atoms. The van der Waals surface area contributed by atoms with Crippen LogP contribution in [0.25, 0.3) is 0 Å². The first-order valence-electron chi connectivity index (χ1n) is 7.73. The molecule has 2 amide bonds. The van der Waals surface area contributed by atoms with Gasteiger partial charge in [-0.2, -0.15) is 0 Å². The van der Waals surface area contributed by atoms with Gasteiger partial charge >= 0.3 is 6.03 Å². The van der Waals surface area contributed by atoms with Crippen molar-refractivity contribution in [3.05, 3.63) is 53.1 Å².